The molecule has 0 radical (unpaired) electrons. The highest BCUT2D eigenvalue weighted by Crippen LogP contribution is 2.69. The SMILES string of the molecule is CN(C1CCC2=CC3=CC[C@]4(C)[C@@H](c5ccc6ccncc6c5)CC[C@H]4[C@@]34CC[C@]2(C1)O4)S(C)(=O)=O. The molecule has 3 fully saturated rings. The topological polar surface area (TPSA) is 59.5 Å². The van der Waals surface area contributed by atoms with E-state index in [1.165, 1.54) is 46.6 Å². The molecule has 2 aromatic rings. The van der Waals surface area contributed by atoms with E-state index in [4.69, 9.17) is 4.74 Å². The number of pyridine rings is 1. The lowest BCUT2D eigenvalue weighted by atomic mass is 9.58. The Kier molecular flexibility index (Phi) is 4.83. The molecular formula is C30H36N2O3S. The molecule has 2 spiro atoms. The molecule has 0 amide bonds. The fraction of sp³-hybridized carbons (Fsp3) is 0.567. The number of fused-ring (bicyclic) bond motifs is 2. The normalized spacial score (nSPS) is 39.4. The molecule has 3 aliphatic carbocycles. The van der Waals surface area contributed by atoms with Crippen molar-refractivity contribution in [3.8, 4) is 0 Å². The van der Waals surface area contributed by atoms with Crippen LogP contribution in [0.4, 0.5) is 0 Å². The van der Waals surface area contributed by atoms with Gasteiger partial charge in [-0.1, -0.05) is 31.2 Å². The average molecular weight is 505 g/mol. The number of ether oxygens (including phenoxy) is 1. The van der Waals surface area contributed by atoms with Crippen LogP contribution in [0.25, 0.3) is 10.8 Å². The lowest BCUT2D eigenvalue weighted by Gasteiger charge is -2.54. The highest BCUT2D eigenvalue weighted by atomic mass is 32.2. The van der Waals surface area contributed by atoms with Crippen molar-refractivity contribution in [2.75, 3.05) is 13.3 Å². The molecule has 0 N–H and O–H groups in total. The molecule has 1 aromatic heterocycles. The minimum absolute atomic E-state index is 0.00957. The van der Waals surface area contributed by atoms with Crippen molar-refractivity contribution in [3.63, 3.8) is 0 Å². The smallest absolute Gasteiger partial charge is 0.211 e. The highest BCUT2D eigenvalue weighted by molar-refractivity contribution is 7.88. The maximum atomic E-state index is 12.3. The van der Waals surface area contributed by atoms with E-state index in [1.54, 1.807) is 11.4 Å². The molecule has 2 aliphatic heterocycles. The Morgan fingerprint density at radius 1 is 1.11 bits per heavy atom. The minimum atomic E-state index is -3.22. The number of sulfonamides is 1. The lowest BCUT2D eigenvalue weighted by molar-refractivity contribution is -0.138. The third-order valence-corrected chi connectivity index (χ3v) is 12.1. The second-order valence-electron chi connectivity index (χ2n) is 12.4. The van der Waals surface area contributed by atoms with Gasteiger partial charge in [0.2, 0.25) is 10.0 Å². The molecule has 7 rings (SSSR count). The van der Waals surface area contributed by atoms with Crippen LogP contribution in [0.3, 0.4) is 0 Å². The van der Waals surface area contributed by atoms with Gasteiger partial charge in [0.25, 0.3) is 0 Å². The molecule has 2 saturated carbocycles. The molecule has 1 unspecified atom stereocenters. The van der Waals surface area contributed by atoms with Gasteiger partial charge in [0, 0.05) is 30.9 Å². The van der Waals surface area contributed by atoms with Crippen molar-refractivity contribution in [3.05, 3.63) is 65.5 Å². The number of rotatable bonds is 3. The fourth-order valence-corrected chi connectivity index (χ4v) is 9.55. The van der Waals surface area contributed by atoms with Crippen LogP contribution in [0.2, 0.25) is 0 Å². The van der Waals surface area contributed by atoms with Gasteiger partial charge < -0.3 is 4.74 Å². The molecule has 2 bridgehead atoms. The highest BCUT2D eigenvalue weighted by Gasteiger charge is 2.66. The third-order valence-electron chi connectivity index (χ3n) is 10.8. The Balaban J connectivity index is 1.25. The Morgan fingerprint density at radius 3 is 2.81 bits per heavy atom. The van der Waals surface area contributed by atoms with E-state index in [9.17, 15) is 8.42 Å². The van der Waals surface area contributed by atoms with Gasteiger partial charge in [-0.3, -0.25) is 4.98 Å². The van der Waals surface area contributed by atoms with Crippen LogP contribution in [0, 0.1) is 11.3 Å². The number of aromatic nitrogens is 1. The van der Waals surface area contributed by atoms with Crippen LogP contribution in [-0.2, 0) is 14.8 Å². The summed E-state index contributed by atoms with van der Waals surface area (Å²) >= 11 is 0. The third kappa shape index (κ3) is 3.07. The van der Waals surface area contributed by atoms with E-state index >= 15 is 0 Å². The van der Waals surface area contributed by atoms with Crippen LogP contribution in [-0.4, -0.2) is 48.3 Å². The van der Waals surface area contributed by atoms with Crippen LogP contribution in [0.5, 0.6) is 0 Å². The van der Waals surface area contributed by atoms with Crippen LogP contribution in [0.1, 0.15) is 69.8 Å². The Hall–Kier alpha value is -2.02. The van der Waals surface area contributed by atoms with Gasteiger partial charge >= 0.3 is 0 Å². The van der Waals surface area contributed by atoms with Gasteiger partial charge in [0.05, 0.1) is 17.5 Å². The maximum absolute atomic E-state index is 12.3. The first-order chi connectivity index (χ1) is 17.1. The van der Waals surface area contributed by atoms with E-state index in [0.717, 1.165) is 38.5 Å². The zero-order valence-electron chi connectivity index (χ0n) is 21.5. The summed E-state index contributed by atoms with van der Waals surface area (Å²) < 4.78 is 33.6. The largest absolute Gasteiger partial charge is 0.359 e. The second-order valence-corrected chi connectivity index (χ2v) is 14.4. The van der Waals surface area contributed by atoms with Crippen molar-refractivity contribution >= 4 is 20.8 Å². The fourth-order valence-electron chi connectivity index (χ4n) is 8.83. The molecule has 5 aliphatic rings. The van der Waals surface area contributed by atoms with Crippen molar-refractivity contribution < 1.29 is 13.2 Å². The molecule has 6 atom stereocenters. The second kappa shape index (κ2) is 7.52. The summed E-state index contributed by atoms with van der Waals surface area (Å²) in [7, 11) is -1.48. The Morgan fingerprint density at radius 2 is 1.97 bits per heavy atom. The van der Waals surface area contributed by atoms with Gasteiger partial charge in [-0.15, -0.1) is 0 Å². The van der Waals surface area contributed by atoms with Gasteiger partial charge in [-0.2, -0.15) is 0 Å². The summed E-state index contributed by atoms with van der Waals surface area (Å²) in [5.74, 6) is 0.977. The summed E-state index contributed by atoms with van der Waals surface area (Å²) in [6.45, 7) is 2.50. The maximum Gasteiger partial charge on any atom is 0.211 e. The van der Waals surface area contributed by atoms with Gasteiger partial charge in [-0.25, -0.2) is 12.7 Å². The van der Waals surface area contributed by atoms with Crippen LogP contribution >= 0.6 is 0 Å². The minimum Gasteiger partial charge on any atom is -0.359 e. The van der Waals surface area contributed by atoms with Crippen LogP contribution < -0.4 is 0 Å². The van der Waals surface area contributed by atoms with Crippen LogP contribution in [0.15, 0.2) is 60.0 Å². The lowest BCUT2D eigenvalue weighted by Crippen LogP contribution is -2.55. The standard InChI is InChI=1S/C30H36N2O3S/c1-28-12-10-24-17-23-6-7-25(32(2)36(3,33)34)18-29(23)13-14-30(24,35-29)27(28)9-8-26(28)21-5-4-20-11-15-31-19-22(20)16-21/h4-5,10-11,15-17,19,25-27H,6-9,12-14,18H2,1-3H3/t25?,26-,27-,28-,29-,30-/m1/s1. The zero-order valence-corrected chi connectivity index (χ0v) is 22.4. The molecule has 6 heteroatoms. The van der Waals surface area contributed by atoms with E-state index in [0.29, 0.717) is 11.8 Å². The predicted molar refractivity (Wildman–Crippen MR) is 142 cm³/mol. The number of benzene rings is 1. The summed E-state index contributed by atoms with van der Waals surface area (Å²) in [6, 6.07) is 9.04. The Bertz CT molecular complexity index is 1430. The molecule has 1 saturated heterocycles. The zero-order chi connectivity index (χ0) is 24.9. The summed E-state index contributed by atoms with van der Waals surface area (Å²) in [6.07, 6.45) is 18.2. The molecular weight excluding hydrogens is 468 g/mol. The Labute approximate surface area is 214 Å². The van der Waals surface area contributed by atoms with E-state index in [2.05, 4.69) is 48.3 Å². The van der Waals surface area contributed by atoms with Gasteiger partial charge in [-0.05, 0) is 103 Å². The first kappa shape index (κ1) is 23.1. The average Bonchev–Trinajstić information content (AvgIpc) is 3.37. The van der Waals surface area contributed by atoms with E-state index < -0.39 is 10.0 Å². The molecule has 190 valence electrons. The number of hydrogen-bond acceptors (Lipinski definition) is 4. The number of hydrogen-bond donors (Lipinski definition) is 0. The quantitative estimate of drug-likeness (QED) is 0.535. The molecule has 36 heavy (non-hydrogen) atoms. The van der Waals surface area contributed by atoms with Gasteiger partial charge in [0.15, 0.2) is 0 Å². The van der Waals surface area contributed by atoms with E-state index in [1.807, 2.05) is 12.4 Å². The molecule has 1 aromatic carbocycles. The summed E-state index contributed by atoms with van der Waals surface area (Å²) in [4.78, 5) is 4.36. The van der Waals surface area contributed by atoms with E-state index in [-0.39, 0.29) is 22.7 Å². The number of allylic oxidation sites excluding steroid dienone is 1. The summed E-state index contributed by atoms with van der Waals surface area (Å²) in [5.41, 5.74) is 3.86. The van der Waals surface area contributed by atoms with Crippen molar-refractivity contribution in [1.29, 1.82) is 0 Å². The summed E-state index contributed by atoms with van der Waals surface area (Å²) in [5, 5.41) is 2.46. The first-order valence-corrected chi connectivity index (χ1v) is 15.4. The molecule has 3 heterocycles. The van der Waals surface area contributed by atoms with Crippen molar-refractivity contribution in [2.45, 2.75) is 81.5 Å². The predicted octanol–water partition coefficient (Wildman–Crippen LogP) is 5.74. The van der Waals surface area contributed by atoms with Crippen molar-refractivity contribution in [2.24, 2.45) is 11.3 Å². The first-order valence-electron chi connectivity index (χ1n) is 13.5. The monoisotopic (exact) mass is 504 g/mol. The number of nitrogens with zero attached hydrogens (tertiary/aromatic N) is 2. The van der Waals surface area contributed by atoms with Gasteiger partial charge in [0.1, 0.15) is 0 Å². The van der Waals surface area contributed by atoms with Crippen molar-refractivity contribution in [1.82, 2.24) is 9.29 Å². The molecule has 5 nitrogen and oxygen atoms in total.